The predicted octanol–water partition coefficient (Wildman–Crippen LogP) is 2.70. The summed E-state index contributed by atoms with van der Waals surface area (Å²) < 4.78 is 11.3. The third-order valence-electron chi connectivity index (χ3n) is 5.01. The monoisotopic (exact) mass is 402 g/mol. The molecule has 2 aromatic rings. The summed E-state index contributed by atoms with van der Waals surface area (Å²) in [6.45, 7) is 2.91. The Bertz CT molecular complexity index is 811. The fourth-order valence-corrected chi connectivity index (χ4v) is 3.66. The highest BCUT2D eigenvalue weighted by atomic mass is 35.5. The van der Waals surface area contributed by atoms with Crippen molar-refractivity contribution in [1.29, 1.82) is 0 Å². The van der Waals surface area contributed by atoms with E-state index in [1.54, 1.807) is 6.07 Å². The zero-order chi connectivity index (χ0) is 19.3. The molecule has 4 rings (SSSR count). The van der Waals surface area contributed by atoms with Crippen LogP contribution in [-0.2, 0) is 4.74 Å². The smallest absolute Gasteiger partial charge is 0.272 e. The largest absolute Gasteiger partial charge is 0.488 e. The third kappa shape index (κ3) is 4.72. The van der Waals surface area contributed by atoms with Gasteiger partial charge in [-0.2, -0.15) is 0 Å². The molecule has 28 heavy (non-hydrogen) atoms. The molecule has 0 bridgehead atoms. The SMILES string of the molecule is O=C(NC1CCOCC1)c1ccc(N2CCC(Oc3cccc(Cl)c3)C2)nn1. The van der Waals surface area contributed by atoms with Crippen LogP contribution in [0.4, 0.5) is 5.82 Å². The molecule has 8 heteroatoms. The summed E-state index contributed by atoms with van der Waals surface area (Å²) >= 11 is 6.01. The lowest BCUT2D eigenvalue weighted by molar-refractivity contribution is 0.0693. The molecule has 0 aliphatic carbocycles. The number of ether oxygens (including phenoxy) is 2. The molecule has 0 radical (unpaired) electrons. The number of rotatable bonds is 5. The average Bonchev–Trinajstić information content (AvgIpc) is 3.17. The van der Waals surface area contributed by atoms with Gasteiger partial charge < -0.3 is 19.7 Å². The van der Waals surface area contributed by atoms with E-state index in [-0.39, 0.29) is 18.1 Å². The van der Waals surface area contributed by atoms with Crippen LogP contribution >= 0.6 is 11.6 Å². The summed E-state index contributed by atoms with van der Waals surface area (Å²) in [4.78, 5) is 14.4. The van der Waals surface area contributed by atoms with Crippen LogP contribution in [-0.4, -0.2) is 54.6 Å². The summed E-state index contributed by atoms with van der Waals surface area (Å²) in [7, 11) is 0. The van der Waals surface area contributed by atoms with Gasteiger partial charge in [-0.15, -0.1) is 10.2 Å². The maximum atomic E-state index is 12.3. The van der Waals surface area contributed by atoms with Gasteiger partial charge >= 0.3 is 0 Å². The van der Waals surface area contributed by atoms with Gasteiger partial charge in [-0.1, -0.05) is 17.7 Å². The van der Waals surface area contributed by atoms with Crippen molar-refractivity contribution in [3.05, 3.63) is 47.1 Å². The molecule has 1 N–H and O–H groups in total. The molecule has 1 aromatic carbocycles. The lowest BCUT2D eigenvalue weighted by Crippen LogP contribution is -2.39. The van der Waals surface area contributed by atoms with Crippen molar-refractivity contribution in [3.8, 4) is 5.75 Å². The maximum Gasteiger partial charge on any atom is 0.272 e. The Morgan fingerprint density at radius 1 is 1.18 bits per heavy atom. The van der Waals surface area contributed by atoms with Gasteiger partial charge in [0.05, 0.1) is 6.54 Å². The second kappa shape index (κ2) is 8.75. The summed E-state index contributed by atoms with van der Waals surface area (Å²) in [5, 5.41) is 12.0. The summed E-state index contributed by atoms with van der Waals surface area (Å²) in [5.74, 6) is 1.33. The van der Waals surface area contributed by atoms with E-state index in [4.69, 9.17) is 21.1 Å². The molecule has 1 amide bonds. The molecule has 1 unspecified atom stereocenters. The number of halogens is 1. The molecule has 1 atom stereocenters. The fraction of sp³-hybridized carbons (Fsp3) is 0.450. The Morgan fingerprint density at radius 2 is 2.04 bits per heavy atom. The van der Waals surface area contributed by atoms with Crippen LogP contribution in [0.5, 0.6) is 5.75 Å². The lowest BCUT2D eigenvalue weighted by atomic mass is 10.1. The number of nitrogens with one attached hydrogen (secondary N) is 1. The van der Waals surface area contributed by atoms with Crippen LogP contribution in [0.1, 0.15) is 29.8 Å². The summed E-state index contributed by atoms with van der Waals surface area (Å²) in [5.41, 5.74) is 0.334. The van der Waals surface area contributed by atoms with E-state index in [1.165, 1.54) is 0 Å². The van der Waals surface area contributed by atoms with Crippen molar-refractivity contribution < 1.29 is 14.3 Å². The first-order valence-electron chi connectivity index (χ1n) is 9.57. The number of hydrogen-bond acceptors (Lipinski definition) is 6. The highest BCUT2D eigenvalue weighted by Crippen LogP contribution is 2.24. The molecule has 0 saturated carbocycles. The molecular weight excluding hydrogens is 380 g/mol. The summed E-state index contributed by atoms with van der Waals surface area (Å²) in [6, 6.07) is 11.1. The van der Waals surface area contributed by atoms with E-state index in [2.05, 4.69) is 20.4 Å². The van der Waals surface area contributed by atoms with E-state index in [1.807, 2.05) is 30.3 Å². The molecule has 0 spiro atoms. The van der Waals surface area contributed by atoms with E-state index in [0.29, 0.717) is 23.9 Å². The summed E-state index contributed by atoms with van der Waals surface area (Å²) in [6.07, 6.45) is 2.62. The van der Waals surface area contributed by atoms with Crippen LogP contribution in [0.25, 0.3) is 0 Å². The molecule has 3 heterocycles. The van der Waals surface area contributed by atoms with E-state index in [9.17, 15) is 4.79 Å². The Labute approximate surface area is 169 Å². The molecule has 2 aliphatic rings. The quantitative estimate of drug-likeness (QED) is 0.828. The maximum absolute atomic E-state index is 12.3. The highest BCUT2D eigenvalue weighted by molar-refractivity contribution is 6.30. The van der Waals surface area contributed by atoms with Crippen LogP contribution in [0.15, 0.2) is 36.4 Å². The number of hydrogen-bond donors (Lipinski definition) is 1. The Morgan fingerprint density at radius 3 is 2.79 bits per heavy atom. The minimum atomic E-state index is -0.186. The number of nitrogens with zero attached hydrogens (tertiary/aromatic N) is 3. The van der Waals surface area contributed by atoms with Gasteiger partial charge in [0.1, 0.15) is 11.9 Å². The zero-order valence-electron chi connectivity index (χ0n) is 15.5. The Kier molecular flexibility index (Phi) is 5.92. The molecule has 2 aliphatic heterocycles. The highest BCUT2D eigenvalue weighted by Gasteiger charge is 2.26. The van der Waals surface area contributed by atoms with Gasteiger partial charge in [0.25, 0.3) is 5.91 Å². The molecule has 1 aromatic heterocycles. The van der Waals surface area contributed by atoms with Crippen LogP contribution < -0.4 is 15.0 Å². The molecule has 2 saturated heterocycles. The number of aromatic nitrogens is 2. The third-order valence-corrected chi connectivity index (χ3v) is 5.24. The van der Waals surface area contributed by atoms with Crippen molar-refractivity contribution in [2.75, 3.05) is 31.2 Å². The molecular formula is C20H23ClN4O3. The second-order valence-electron chi connectivity index (χ2n) is 7.07. The molecule has 148 valence electrons. The van der Waals surface area contributed by atoms with Crippen molar-refractivity contribution in [1.82, 2.24) is 15.5 Å². The van der Waals surface area contributed by atoms with Gasteiger partial charge in [-0.25, -0.2) is 0 Å². The minimum Gasteiger partial charge on any atom is -0.488 e. The van der Waals surface area contributed by atoms with Gasteiger partial charge in [0, 0.05) is 37.2 Å². The van der Waals surface area contributed by atoms with Crippen LogP contribution in [0, 0.1) is 0 Å². The number of amides is 1. The van der Waals surface area contributed by atoms with Gasteiger partial charge in [0.15, 0.2) is 11.5 Å². The Balaban J connectivity index is 1.32. The standard InChI is InChI=1S/C20H23ClN4O3/c21-14-2-1-3-16(12-14)28-17-6-9-25(13-17)19-5-4-18(23-24-19)20(26)22-15-7-10-27-11-8-15/h1-5,12,15,17H,6-11,13H2,(H,22,26). The number of benzene rings is 1. The van der Waals surface area contributed by atoms with Gasteiger partial charge in [0.2, 0.25) is 0 Å². The lowest BCUT2D eigenvalue weighted by Gasteiger charge is -2.23. The Hall–Kier alpha value is -2.38. The van der Waals surface area contributed by atoms with E-state index < -0.39 is 0 Å². The van der Waals surface area contributed by atoms with Crippen LogP contribution in [0.3, 0.4) is 0 Å². The van der Waals surface area contributed by atoms with Gasteiger partial charge in [-0.3, -0.25) is 4.79 Å². The first kappa shape index (κ1) is 19.0. The number of carbonyl (C=O) groups is 1. The van der Waals surface area contributed by atoms with Crippen molar-refractivity contribution in [2.45, 2.75) is 31.4 Å². The molecule has 7 nitrogen and oxygen atoms in total. The normalized spacial score (nSPS) is 20.2. The second-order valence-corrected chi connectivity index (χ2v) is 7.51. The topological polar surface area (TPSA) is 76.6 Å². The van der Waals surface area contributed by atoms with Crippen molar-refractivity contribution in [3.63, 3.8) is 0 Å². The fourth-order valence-electron chi connectivity index (χ4n) is 3.48. The van der Waals surface area contributed by atoms with Crippen LogP contribution in [0.2, 0.25) is 5.02 Å². The predicted molar refractivity (Wildman–Crippen MR) is 106 cm³/mol. The average molecular weight is 403 g/mol. The minimum absolute atomic E-state index is 0.0664. The van der Waals surface area contributed by atoms with E-state index in [0.717, 1.165) is 43.9 Å². The van der Waals surface area contributed by atoms with Crippen molar-refractivity contribution >= 4 is 23.3 Å². The van der Waals surface area contributed by atoms with E-state index >= 15 is 0 Å². The number of carbonyl (C=O) groups excluding carboxylic acids is 1. The van der Waals surface area contributed by atoms with Gasteiger partial charge in [-0.05, 0) is 43.2 Å². The first-order valence-corrected chi connectivity index (χ1v) is 9.95. The van der Waals surface area contributed by atoms with Crippen molar-refractivity contribution in [2.24, 2.45) is 0 Å². The molecule has 2 fully saturated rings. The first-order chi connectivity index (χ1) is 13.7. The zero-order valence-corrected chi connectivity index (χ0v) is 16.3. The number of anilines is 1.